The smallest absolute Gasteiger partial charge is 0.257 e. The normalized spacial score (nSPS) is 19.7. The van der Waals surface area contributed by atoms with Crippen LogP contribution >= 0.6 is 0 Å². The van der Waals surface area contributed by atoms with E-state index in [1.54, 1.807) is 17.0 Å². The van der Waals surface area contributed by atoms with Crippen molar-refractivity contribution >= 4 is 23.4 Å². The van der Waals surface area contributed by atoms with E-state index in [0.29, 0.717) is 12.2 Å². The van der Waals surface area contributed by atoms with Crippen LogP contribution in [0.4, 0.5) is 5.69 Å². The third kappa shape index (κ3) is 4.55. The molecule has 1 aliphatic carbocycles. The summed E-state index contributed by atoms with van der Waals surface area (Å²) in [6, 6.07) is 14.6. The zero-order chi connectivity index (χ0) is 22.0. The molecule has 162 valence electrons. The Hall–Kier alpha value is -2.95. The third-order valence-electron chi connectivity index (χ3n) is 6.50. The molecule has 2 aromatic carbocycles. The Balaban J connectivity index is 1.62. The number of aryl methyl sites for hydroxylation is 2. The average Bonchev–Trinajstić information content (AvgIpc) is 3.08. The second kappa shape index (κ2) is 9.04. The molecular formula is C26H30N2O3. The van der Waals surface area contributed by atoms with Gasteiger partial charge >= 0.3 is 0 Å². The number of imide groups is 1. The van der Waals surface area contributed by atoms with Crippen LogP contribution in [0.1, 0.15) is 55.2 Å². The summed E-state index contributed by atoms with van der Waals surface area (Å²) in [7, 11) is 0. The first-order valence-corrected chi connectivity index (χ1v) is 11.2. The fourth-order valence-corrected chi connectivity index (χ4v) is 4.64. The van der Waals surface area contributed by atoms with E-state index in [1.807, 2.05) is 50.2 Å². The molecule has 0 radical (unpaired) electrons. The van der Waals surface area contributed by atoms with Crippen LogP contribution in [0.5, 0.6) is 0 Å². The van der Waals surface area contributed by atoms with Crippen LogP contribution in [-0.2, 0) is 20.9 Å². The molecule has 1 saturated heterocycles. The number of nitrogens with zero attached hydrogens (tertiary/aromatic N) is 2. The predicted octanol–water partition coefficient (Wildman–Crippen LogP) is 4.54. The minimum Gasteiger partial charge on any atom is -0.326 e. The van der Waals surface area contributed by atoms with Gasteiger partial charge in [-0.25, -0.2) is 4.90 Å². The maximum Gasteiger partial charge on any atom is 0.257 e. The molecule has 1 unspecified atom stereocenters. The molecule has 0 N–H and O–H groups in total. The van der Waals surface area contributed by atoms with Crippen LogP contribution in [-0.4, -0.2) is 28.7 Å². The number of hydrogen-bond acceptors (Lipinski definition) is 3. The number of carbonyl (C=O) groups excluding carboxylic acids is 3. The van der Waals surface area contributed by atoms with Crippen LogP contribution in [0.15, 0.2) is 48.5 Å². The van der Waals surface area contributed by atoms with E-state index >= 15 is 0 Å². The summed E-state index contributed by atoms with van der Waals surface area (Å²) < 4.78 is 0. The summed E-state index contributed by atoms with van der Waals surface area (Å²) in [5.41, 5.74) is 3.76. The highest BCUT2D eigenvalue weighted by atomic mass is 16.2. The monoisotopic (exact) mass is 418 g/mol. The Kier molecular flexibility index (Phi) is 6.21. The third-order valence-corrected chi connectivity index (χ3v) is 6.50. The summed E-state index contributed by atoms with van der Waals surface area (Å²) in [4.78, 5) is 42.7. The van der Waals surface area contributed by atoms with Crippen molar-refractivity contribution < 1.29 is 14.4 Å². The van der Waals surface area contributed by atoms with Gasteiger partial charge < -0.3 is 4.90 Å². The SMILES string of the molecule is Cc1ccc(CN(C(=O)C2CCCCC2)C2CC(=O)N(c3ccc(C)cc3)C2=O)cc1. The predicted molar refractivity (Wildman–Crippen MR) is 120 cm³/mol. The van der Waals surface area contributed by atoms with E-state index in [-0.39, 0.29) is 30.1 Å². The van der Waals surface area contributed by atoms with E-state index in [2.05, 4.69) is 0 Å². The molecule has 5 nitrogen and oxygen atoms in total. The number of carbonyl (C=O) groups is 3. The molecule has 2 aliphatic rings. The van der Waals surface area contributed by atoms with E-state index in [4.69, 9.17) is 0 Å². The molecule has 2 aromatic rings. The Morgan fingerprint density at radius 2 is 1.48 bits per heavy atom. The number of rotatable bonds is 5. The quantitative estimate of drug-likeness (QED) is 0.670. The molecule has 0 spiro atoms. The standard InChI is InChI=1S/C26H30N2O3/c1-18-8-12-20(13-9-18)17-27(25(30)21-6-4-3-5-7-21)23-16-24(29)28(26(23)31)22-14-10-19(2)11-15-22/h8-15,21,23H,3-7,16-17H2,1-2H3. The fourth-order valence-electron chi connectivity index (χ4n) is 4.64. The van der Waals surface area contributed by atoms with Crippen LogP contribution in [0.25, 0.3) is 0 Å². The lowest BCUT2D eigenvalue weighted by Gasteiger charge is -2.32. The molecular weight excluding hydrogens is 388 g/mol. The molecule has 1 atom stereocenters. The van der Waals surface area contributed by atoms with Gasteiger partial charge in [0.15, 0.2) is 0 Å². The largest absolute Gasteiger partial charge is 0.326 e. The van der Waals surface area contributed by atoms with E-state index in [9.17, 15) is 14.4 Å². The van der Waals surface area contributed by atoms with Crippen molar-refractivity contribution in [3.8, 4) is 0 Å². The second-order valence-corrected chi connectivity index (χ2v) is 8.91. The number of benzene rings is 2. The van der Waals surface area contributed by atoms with Crippen molar-refractivity contribution in [2.75, 3.05) is 4.90 Å². The lowest BCUT2D eigenvalue weighted by molar-refractivity contribution is -0.143. The zero-order valence-corrected chi connectivity index (χ0v) is 18.3. The van der Waals surface area contributed by atoms with Gasteiger partial charge in [0.25, 0.3) is 5.91 Å². The highest BCUT2D eigenvalue weighted by Crippen LogP contribution is 2.31. The molecule has 0 bridgehead atoms. The van der Waals surface area contributed by atoms with Crippen molar-refractivity contribution in [3.63, 3.8) is 0 Å². The lowest BCUT2D eigenvalue weighted by Crippen LogP contribution is -2.47. The van der Waals surface area contributed by atoms with Crippen LogP contribution in [0.2, 0.25) is 0 Å². The lowest BCUT2D eigenvalue weighted by atomic mass is 9.87. The van der Waals surface area contributed by atoms with Crippen molar-refractivity contribution in [1.29, 1.82) is 0 Å². The summed E-state index contributed by atoms with van der Waals surface area (Å²) in [6.07, 6.45) is 5.00. The van der Waals surface area contributed by atoms with Gasteiger partial charge in [-0.15, -0.1) is 0 Å². The number of hydrogen-bond donors (Lipinski definition) is 0. The summed E-state index contributed by atoms with van der Waals surface area (Å²) in [6.45, 7) is 4.33. The van der Waals surface area contributed by atoms with Crippen LogP contribution < -0.4 is 4.90 Å². The number of anilines is 1. The van der Waals surface area contributed by atoms with Crippen molar-refractivity contribution in [3.05, 3.63) is 65.2 Å². The maximum atomic E-state index is 13.5. The highest BCUT2D eigenvalue weighted by Gasteiger charge is 2.45. The van der Waals surface area contributed by atoms with Crippen molar-refractivity contribution in [2.24, 2.45) is 5.92 Å². The fraction of sp³-hybridized carbons (Fsp3) is 0.423. The Morgan fingerprint density at radius 1 is 0.903 bits per heavy atom. The van der Waals surface area contributed by atoms with Crippen molar-refractivity contribution in [2.45, 2.75) is 65.0 Å². The van der Waals surface area contributed by atoms with Crippen LogP contribution in [0.3, 0.4) is 0 Å². The Bertz CT molecular complexity index is 959. The van der Waals surface area contributed by atoms with E-state index in [1.165, 1.54) is 4.90 Å². The van der Waals surface area contributed by atoms with Gasteiger partial charge in [-0.2, -0.15) is 0 Å². The van der Waals surface area contributed by atoms with Gasteiger partial charge in [0, 0.05) is 12.5 Å². The van der Waals surface area contributed by atoms with Gasteiger partial charge in [-0.05, 0) is 44.4 Å². The molecule has 2 fully saturated rings. The first-order valence-electron chi connectivity index (χ1n) is 11.2. The molecule has 1 aliphatic heterocycles. The molecule has 0 aromatic heterocycles. The Labute approximate surface area is 184 Å². The van der Waals surface area contributed by atoms with E-state index < -0.39 is 6.04 Å². The molecule has 31 heavy (non-hydrogen) atoms. The van der Waals surface area contributed by atoms with Gasteiger partial charge in [-0.1, -0.05) is 66.8 Å². The van der Waals surface area contributed by atoms with Gasteiger partial charge in [-0.3, -0.25) is 14.4 Å². The summed E-state index contributed by atoms with van der Waals surface area (Å²) in [5.74, 6) is -0.595. The Morgan fingerprint density at radius 3 is 2.10 bits per heavy atom. The first kappa shape index (κ1) is 21.3. The van der Waals surface area contributed by atoms with Gasteiger partial charge in [0.05, 0.1) is 12.1 Å². The topological polar surface area (TPSA) is 57.7 Å². The van der Waals surface area contributed by atoms with Crippen molar-refractivity contribution in [1.82, 2.24) is 4.90 Å². The molecule has 5 heteroatoms. The van der Waals surface area contributed by atoms with Gasteiger partial charge in [0.2, 0.25) is 11.8 Å². The first-order chi connectivity index (χ1) is 14.9. The van der Waals surface area contributed by atoms with Gasteiger partial charge in [0.1, 0.15) is 6.04 Å². The molecule has 1 heterocycles. The second-order valence-electron chi connectivity index (χ2n) is 8.91. The minimum absolute atomic E-state index is 0.0113. The molecule has 1 saturated carbocycles. The number of amides is 3. The zero-order valence-electron chi connectivity index (χ0n) is 18.3. The van der Waals surface area contributed by atoms with Crippen LogP contribution in [0, 0.1) is 19.8 Å². The summed E-state index contributed by atoms with van der Waals surface area (Å²) >= 11 is 0. The average molecular weight is 419 g/mol. The molecule has 3 amide bonds. The van der Waals surface area contributed by atoms with E-state index in [0.717, 1.165) is 48.8 Å². The highest BCUT2D eigenvalue weighted by molar-refractivity contribution is 6.23. The summed E-state index contributed by atoms with van der Waals surface area (Å²) in [5, 5.41) is 0. The minimum atomic E-state index is -0.746. The maximum absolute atomic E-state index is 13.5. The molecule has 4 rings (SSSR count).